The van der Waals surface area contributed by atoms with Gasteiger partial charge >= 0.3 is 12.1 Å². The number of nitrogens with zero attached hydrogens (tertiary/aromatic N) is 2. The Balaban J connectivity index is 2.76. The topological polar surface area (TPSA) is 93.5 Å². The predicted molar refractivity (Wildman–Crippen MR) is 75.4 cm³/mol. The van der Waals surface area contributed by atoms with Gasteiger partial charge in [0.25, 0.3) is 0 Å². The summed E-state index contributed by atoms with van der Waals surface area (Å²) in [5.41, 5.74) is -0.00581. The van der Waals surface area contributed by atoms with E-state index in [0.717, 1.165) is 0 Å². The molecule has 0 radical (unpaired) electrons. The molecule has 0 saturated heterocycles. The van der Waals surface area contributed by atoms with Crippen LogP contribution in [0, 0.1) is 0 Å². The summed E-state index contributed by atoms with van der Waals surface area (Å²) >= 11 is 3.24. The summed E-state index contributed by atoms with van der Waals surface area (Å²) in [6.45, 7) is 5.13. The zero-order chi connectivity index (χ0) is 15.5. The lowest BCUT2D eigenvalue weighted by Crippen LogP contribution is -2.45. The molecule has 0 aliphatic rings. The summed E-state index contributed by atoms with van der Waals surface area (Å²) in [6.07, 6.45) is 0.903. The second-order valence-corrected chi connectivity index (χ2v) is 6.09. The Kier molecular flexibility index (Phi) is 5.15. The average Bonchev–Trinajstić information content (AvgIpc) is 2.56. The van der Waals surface area contributed by atoms with Crippen LogP contribution < -0.4 is 5.32 Å². The molecule has 112 valence electrons. The minimum Gasteiger partial charge on any atom is -0.480 e. The first-order valence-electron chi connectivity index (χ1n) is 5.98. The number of hydrogen-bond donors (Lipinski definition) is 2. The lowest BCUT2D eigenvalue weighted by molar-refractivity contribution is -0.139. The second-order valence-electron chi connectivity index (χ2n) is 5.33. The molecule has 20 heavy (non-hydrogen) atoms. The number of aromatic nitrogens is 2. The first-order chi connectivity index (χ1) is 9.10. The van der Waals surface area contributed by atoms with Crippen molar-refractivity contribution in [3.05, 3.63) is 16.6 Å². The smallest absolute Gasteiger partial charge is 0.408 e. The van der Waals surface area contributed by atoms with Gasteiger partial charge in [-0.25, -0.2) is 14.6 Å². The number of carbonyl (C=O) groups excluding carboxylic acids is 1. The maximum atomic E-state index is 11.6. The zero-order valence-electron chi connectivity index (χ0n) is 11.8. The summed E-state index contributed by atoms with van der Waals surface area (Å²) in [7, 11) is 1.75. The molecule has 0 fully saturated rings. The number of hydrogen-bond acceptors (Lipinski definition) is 4. The number of carbonyl (C=O) groups is 2. The highest BCUT2D eigenvalue weighted by molar-refractivity contribution is 9.10. The maximum absolute atomic E-state index is 11.6. The van der Waals surface area contributed by atoms with Crippen LogP contribution in [0.25, 0.3) is 0 Å². The van der Waals surface area contributed by atoms with E-state index >= 15 is 0 Å². The second kappa shape index (κ2) is 6.25. The van der Waals surface area contributed by atoms with Gasteiger partial charge in [-0.1, -0.05) is 0 Å². The molecule has 2 N–H and O–H groups in total. The molecule has 1 unspecified atom stereocenters. The summed E-state index contributed by atoms with van der Waals surface area (Å²) in [4.78, 5) is 26.9. The molecule has 1 atom stereocenters. The van der Waals surface area contributed by atoms with E-state index in [0.29, 0.717) is 10.3 Å². The summed E-state index contributed by atoms with van der Waals surface area (Å²) < 4.78 is 7.29. The van der Waals surface area contributed by atoms with E-state index in [1.807, 2.05) is 0 Å². The molecule has 1 aromatic heterocycles. The number of carboxylic acid groups (broad SMARTS) is 1. The van der Waals surface area contributed by atoms with Crippen LogP contribution in [0.5, 0.6) is 0 Å². The fourth-order valence-electron chi connectivity index (χ4n) is 1.50. The van der Waals surface area contributed by atoms with Gasteiger partial charge in [-0.3, -0.25) is 0 Å². The van der Waals surface area contributed by atoms with Crippen molar-refractivity contribution in [3.8, 4) is 0 Å². The Morgan fingerprint density at radius 3 is 2.55 bits per heavy atom. The van der Waals surface area contributed by atoms with Crippen molar-refractivity contribution in [2.45, 2.75) is 38.8 Å². The van der Waals surface area contributed by atoms with Gasteiger partial charge in [0.05, 0.1) is 12.0 Å². The van der Waals surface area contributed by atoms with Crippen LogP contribution in [0.4, 0.5) is 4.79 Å². The van der Waals surface area contributed by atoms with Gasteiger partial charge in [0.1, 0.15) is 16.2 Å². The molecule has 0 saturated carbocycles. The van der Waals surface area contributed by atoms with Gasteiger partial charge in [-0.05, 0) is 36.7 Å². The minimum atomic E-state index is -1.14. The number of aryl methyl sites for hydroxylation is 1. The van der Waals surface area contributed by atoms with E-state index in [2.05, 4.69) is 26.2 Å². The Bertz CT molecular complexity index is 488. The van der Waals surface area contributed by atoms with E-state index < -0.39 is 23.7 Å². The molecular weight excluding hydrogens is 330 g/mol. The predicted octanol–water partition coefficient (Wildman–Crippen LogP) is 1.70. The minimum absolute atomic E-state index is 0.103. The SMILES string of the molecule is Cn1cnc(Br)c1CC(NC(=O)OC(C)(C)C)C(=O)O. The standard InChI is InChI=1S/C12H18BrN3O4/c1-12(2,3)20-11(19)15-7(10(17)18)5-8-9(13)14-6-16(8)4/h6-7H,5H2,1-4H3,(H,15,19)(H,17,18). The monoisotopic (exact) mass is 347 g/mol. The van der Waals surface area contributed by atoms with Crippen LogP contribution in [0.2, 0.25) is 0 Å². The molecule has 8 heteroatoms. The van der Waals surface area contributed by atoms with Gasteiger partial charge in [0.2, 0.25) is 0 Å². The number of amides is 1. The van der Waals surface area contributed by atoms with Crippen molar-refractivity contribution in [1.82, 2.24) is 14.9 Å². The fraction of sp³-hybridized carbons (Fsp3) is 0.583. The third kappa shape index (κ3) is 4.84. The quantitative estimate of drug-likeness (QED) is 0.864. The fourth-order valence-corrected chi connectivity index (χ4v) is 2.03. The summed E-state index contributed by atoms with van der Waals surface area (Å²) in [6, 6.07) is -1.09. The Morgan fingerprint density at radius 2 is 2.15 bits per heavy atom. The highest BCUT2D eigenvalue weighted by Gasteiger charge is 2.26. The molecule has 1 heterocycles. The van der Waals surface area contributed by atoms with Crippen molar-refractivity contribution < 1.29 is 19.4 Å². The van der Waals surface area contributed by atoms with Gasteiger partial charge in [0.15, 0.2) is 0 Å². The third-order valence-electron chi connectivity index (χ3n) is 2.39. The normalized spacial score (nSPS) is 12.8. The number of ether oxygens (including phenoxy) is 1. The molecule has 1 aromatic rings. The molecule has 0 aliphatic heterocycles. The van der Waals surface area contributed by atoms with Gasteiger partial charge in [0, 0.05) is 13.5 Å². The number of aliphatic carboxylic acids is 1. The van der Waals surface area contributed by atoms with Crippen LogP contribution >= 0.6 is 15.9 Å². The lowest BCUT2D eigenvalue weighted by Gasteiger charge is -2.22. The highest BCUT2D eigenvalue weighted by atomic mass is 79.9. The third-order valence-corrected chi connectivity index (χ3v) is 3.06. The maximum Gasteiger partial charge on any atom is 0.408 e. The Morgan fingerprint density at radius 1 is 1.55 bits per heavy atom. The van der Waals surface area contributed by atoms with E-state index in [4.69, 9.17) is 4.74 Å². The number of nitrogens with one attached hydrogen (secondary N) is 1. The Labute approximate surface area is 125 Å². The molecule has 7 nitrogen and oxygen atoms in total. The van der Waals surface area contributed by atoms with Crippen molar-refractivity contribution >= 4 is 28.0 Å². The molecular formula is C12H18BrN3O4. The number of halogens is 1. The average molecular weight is 348 g/mol. The summed E-state index contributed by atoms with van der Waals surface area (Å²) in [5, 5.41) is 11.5. The number of alkyl carbamates (subject to hydrolysis) is 1. The van der Waals surface area contributed by atoms with Gasteiger partial charge in [-0.2, -0.15) is 0 Å². The van der Waals surface area contributed by atoms with E-state index in [1.165, 1.54) is 0 Å². The summed E-state index contributed by atoms with van der Waals surface area (Å²) in [5.74, 6) is -1.14. The van der Waals surface area contributed by atoms with Gasteiger partial charge in [-0.15, -0.1) is 0 Å². The first kappa shape index (κ1) is 16.5. The molecule has 0 aliphatic carbocycles. The van der Waals surface area contributed by atoms with Crippen molar-refractivity contribution in [3.63, 3.8) is 0 Å². The van der Waals surface area contributed by atoms with E-state index in [9.17, 15) is 14.7 Å². The van der Waals surface area contributed by atoms with Crippen LogP contribution in [0.1, 0.15) is 26.5 Å². The van der Waals surface area contributed by atoms with Crippen LogP contribution in [0.3, 0.4) is 0 Å². The number of rotatable bonds is 4. The molecule has 0 spiro atoms. The van der Waals surface area contributed by atoms with E-state index in [1.54, 1.807) is 38.7 Å². The lowest BCUT2D eigenvalue weighted by atomic mass is 10.1. The van der Waals surface area contributed by atoms with Crippen molar-refractivity contribution in [2.75, 3.05) is 0 Å². The molecule has 0 bridgehead atoms. The van der Waals surface area contributed by atoms with Crippen LogP contribution in [-0.4, -0.2) is 38.4 Å². The van der Waals surface area contributed by atoms with Crippen molar-refractivity contribution in [2.24, 2.45) is 7.05 Å². The van der Waals surface area contributed by atoms with E-state index in [-0.39, 0.29) is 6.42 Å². The largest absolute Gasteiger partial charge is 0.480 e. The number of carboxylic acids is 1. The zero-order valence-corrected chi connectivity index (χ0v) is 13.4. The highest BCUT2D eigenvalue weighted by Crippen LogP contribution is 2.16. The van der Waals surface area contributed by atoms with Crippen LogP contribution in [0.15, 0.2) is 10.9 Å². The Hall–Kier alpha value is -1.57. The molecule has 1 rings (SSSR count). The number of imidazole rings is 1. The van der Waals surface area contributed by atoms with Gasteiger partial charge < -0.3 is 19.7 Å². The van der Waals surface area contributed by atoms with Crippen molar-refractivity contribution in [1.29, 1.82) is 0 Å². The van der Waals surface area contributed by atoms with Crippen LogP contribution in [-0.2, 0) is 23.0 Å². The molecule has 0 aromatic carbocycles. The first-order valence-corrected chi connectivity index (χ1v) is 6.77. The molecule has 1 amide bonds.